The van der Waals surface area contributed by atoms with Gasteiger partial charge in [0.15, 0.2) is 0 Å². The lowest BCUT2D eigenvalue weighted by atomic mass is 10.2. The Labute approximate surface area is 146 Å². The minimum atomic E-state index is -0.276. The van der Waals surface area contributed by atoms with Gasteiger partial charge in [-0.3, -0.25) is 10.1 Å². The standard InChI is InChI=1S/C15H14ClN3O2S2/c1-7(2)14-18-19-15(23-14)17-13(20)12-11(16)9-6-8(21-3)4-5-10(9)22-12/h4-7H,1-3H3,(H,17,19,20). The topological polar surface area (TPSA) is 64.1 Å². The van der Waals surface area contributed by atoms with Gasteiger partial charge in [-0.05, 0) is 18.2 Å². The Bertz CT molecular complexity index is 873. The minimum absolute atomic E-state index is 0.276. The van der Waals surface area contributed by atoms with E-state index in [0.29, 0.717) is 20.8 Å². The van der Waals surface area contributed by atoms with E-state index in [1.807, 2.05) is 32.0 Å². The predicted octanol–water partition coefficient (Wildman–Crippen LogP) is 4.79. The monoisotopic (exact) mass is 367 g/mol. The molecule has 0 bridgehead atoms. The number of nitrogens with zero attached hydrogens (tertiary/aromatic N) is 2. The number of anilines is 1. The van der Waals surface area contributed by atoms with Crippen LogP contribution in [0.4, 0.5) is 5.13 Å². The second kappa shape index (κ2) is 6.43. The Kier molecular flexibility index (Phi) is 4.52. The minimum Gasteiger partial charge on any atom is -0.497 e. The summed E-state index contributed by atoms with van der Waals surface area (Å²) in [5.74, 6) is 0.704. The Morgan fingerprint density at radius 1 is 1.30 bits per heavy atom. The maximum Gasteiger partial charge on any atom is 0.269 e. The molecule has 1 N–H and O–H groups in total. The Morgan fingerprint density at radius 2 is 2.09 bits per heavy atom. The van der Waals surface area contributed by atoms with Gasteiger partial charge < -0.3 is 4.74 Å². The number of methoxy groups -OCH3 is 1. The molecule has 3 rings (SSSR count). The molecular weight excluding hydrogens is 354 g/mol. The maximum atomic E-state index is 12.5. The summed E-state index contributed by atoms with van der Waals surface area (Å²) in [6.07, 6.45) is 0. The van der Waals surface area contributed by atoms with Gasteiger partial charge in [0.25, 0.3) is 5.91 Å². The molecule has 0 spiro atoms. The molecule has 0 aliphatic heterocycles. The first-order valence-corrected chi connectivity index (χ1v) is 8.91. The molecule has 120 valence electrons. The number of aromatic nitrogens is 2. The molecule has 2 heterocycles. The lowest BCUT2D eigenvalue weighted by Crippen LogP contribution is -2.10. The summed E-state index contributed by atoms with van der Waals surface area (Å²) >= 11 is 9.07. The summed E-state index contributed by atoms with van der Waals surface area (Å²) in [5, 5.41) is 13.4. The molecule has 0 atom stereocenters. The Hall–Kier alpha value is -1.70. The van der Waals surface area contributed by atoms with Crippen molar-refractivity contribution in [3.8, 4) is 5.75 Å². The summed E-state index contributed by atoms with van der Waals surface area (Å²) in [4.78, 5) is 12.9. The van der Waals surface area contributed by atoms with Crippen LogP contribution in [0.3, 0.4) is 0 Å². The Morgan fingerprint density at radius 3 is 2.74 bits per heavy atom. The summed E-state index contributed by atoms with van der Waals surface area (Å²) in [6, 6.07) is 5.56. The number of amides is 1. The smallest absolute Gasteiger partial charge is 0.269 e. The normalized spacial score (nSPS) is 11.2. The van der Waals surface area contributed by atoms with Gasteiger partial charge in [0, 0.05) is 16.0 Å². The van der Waals surface area contributed by atoms with Crippen molar-refractivity contribution in [3.63, 3.8) is 0 Å². The molecule has 2 aromatic heterocycles. The molecule has 0 unspecified atom stereocenters. The van der Waals surface area contributed by atoms with Crippen LogP contribution in [-0.4, -0.2) is 23.2 Å². The van der Waals surface area contributed by atoms with Crippen molar-refractivity contribution >= 4 is 55.4 Å². The van der Waals surface area contributed by atoms with Gasteiger partial charge in [-0.25, -0.2) is 0 Å². The number of carbonyl (C=O) groups is 1. The molecule has 0 radical (unpaired) electrons. The number of hydrogen-bond donors (Lipinski definition) is 1. The third kappa shape index (κ3) is 3.17. The third-order valence-corrected chi connectivity index (χ3v) is 6.01. The lowest BCUT2D eigenvalue weighted by molar-refractivity contribution is 0.103. The van der Waals surface area contributed by atoms with Crippen LogP contribution in [0.15, 0.2) is 18.2 Å². The van der Waals surface area contributed by atoms with E-state index >= 15 is 0 Å². The van der Waals surface area contributed by atoms with Gasteiger partial charge in [0.2, 0.25) is 5.13 Å². The largest absolute Gasteiger partial charge is 0.497 e. The number of fused-ring (bicyclic) bond motifs is 1. The van der Waals surface area contributed by atoms with E-state index in [1.165, 1.54) is 22.7 Å². The van der Waals surface area contributed by atoms with E-state index in [2.05, 4.69) is 15.5 Å². The van der Waals surface area contributed by atoms with Gasteiger partial charge >= 0.3 is 0 Å². The molecule has 0 saturated heterocycles. The average molecular weight is 368 g/mol. The maximum absolute atomic E-state index is 12.5. The van der Waals surface area contributed by atoms with Crippen LogP contribution < -0.4 is 10.1 Å². The fourth-order valence-electron chi connectivity index (χ4n) is 1.99. The van der Waals surface area contributed by atoms with E-state index in [0.717, 1.165) is 15.1 Å². The molecule has 23 heavy (non-hydrogen) atoms. The highest BCUT2D eigenvalue weighted by molar-refractivity contribution is 7.22. The first-order chi connectivity index (χ1) is 11.0. The number of nitrogens with one attached hydrogen (secondary N) is 1. The molecule has 0 saturated carbocycles. The first kappa shape index (κ1) is 16.2. The number of benzene rings is 1. The lowest BCUT2D eigenvalue weighted by Gasteiger charge is -1.99. The molecule has 1 amide bonds. The van der Waals surface area contributed by atoms with Gasteiger partial charge in [0.1, 0.15) is 15.6 Å². The van der Waals surface area contributed by atoms with Crippen LogP contribution in [0.2, 0.25) is 5.02 Å². The van der Waals surface area contributed by atoms with E-state index < -0.39 is 0 Å². The number of thiophene rings is 1. The van der Waals surface area contributed by atoms with E-state index in [1.54, 1.807) is 7.11 Å². The molecule has 1 aromatic carbocycles. The second-order valence-electron chi connectivity index (χ2n) is 5.16. The number of carbonyl (C=O) groups excluding carboxylic acids is 1. The highest BCUT2D eigenvalue weighted by Gasteiger charge is 2.19. The van der Waals surface area contributed by atoms with Crippen LogP contribution in [0.1, 0.15) is 34.4 Å². The molecule has 5 nitrogen and oxygen atoms in total. The third-order valence-electron chi connectivity index (χ3n) is 3.20. The van der Waals surface area contributed by atoms with Crippen LogP contribution in [-0.2, 0) is 0 Å². The molecule has 0 fully saturated rings. The number of hydrogen-bond acceptors (Lipinski definition) is 6. The van der Waals surface area contributed by atoms with Crippen LogP contribution >= 0.6 is 34.3 Å². The van der Waals surface area contributed by atoms with Crippen molar-refractivity contribution in [1.29, 1.82) is 0 Å². The molecule has 3 aromatic rings. The Balaban J connectivity index is 1.89. The van der Waals surface area contributed by atoms with Gasteiger partial charge in [0.05, 0.1) is 12.1 Å². The zero-order valence-corrected chi connectivity index (χ0v) is 15.1. The zero-order valence-electron chi connectivity index (χ0n) is 12.7. The highest BCUT2D eigenvalue weighted by Crippen LogP contribution is 2.37. The second-order valence-corrected chi connectivity index (χ2v) is 7.60. The average Bonchev–Trinajstić information content (AvgIpc) is 3.12. The van der Waals surface area contributed by atoms with Crippen molar-refractivity contribution in [2.24, 2.45) is 0 Å². The zero-order chi connectivity index (χ0) is 16.6. The SMILES string of the molecule is COc1ccc2sc(C(=O)Nc3nnc(C(C)C)s3)c(Cl)c2c1. The van der Waals surface area contributed by atoms with Crippen molar-refractivity contribution in [2.75, 3.05) is 12.4 Å². The summed E-state index contributed by atoms with van der Waals surface area (Å²) in [5.41, 5.74) is 0. The first-order valence-electron chi connectivity index (χ1n) is 6.90. The summed E-state index contributed by atoms with van der Waals surface area (Å²) in [6.45, 7) is 4.06. The summed E-state index contributed by atoms with van der Waals surface area (Å²) < 4.78 is 6.13. The fourth-order valence-corrected chi connectivity index (χ4v) is 4.12. The van der Waals surface area contributed by atoms with Gasteiger partial charge in [-0.15, -0.1) is 21.5 Å². The van der Waals surface area contributed by atoms with Crippen LogP contribution in [0.5, 0.6) is 5.75 Å². The molecule has 8 heteroatoms. The fraction of sp³-hybridized carbons (Fsp3) is 0.267. The molecular formula is C15H14ClN3O2S2. The molecule has 0 aliphatic carbocycles. The quantitative estimate of drug-likeness (QED) is 0.720. The van der Waals surface area contributed by atoms with Crippen molar-refractivity contribution in [2.45, 2.75) is 19.8 Å². The number of ether oxygens (including phenoxy) is 1. The van der Waals surface area contributed by atoms with Crippen molar-refractivity contribution in [3.05, 3.63) is 33.1 Å². The summed E-state index contributed by atoms with van der Waals surface area (Å²) in [7, 11) is 1.59. The van der Waals surface area contributed by atoms with E-state index in [-0.39, 0.29) is 11.8 Å². The van der Waals surface area contributed by atoms with Crippen LogP contribution in [0, 0.1) is 0 Å². The number of rotatable bonds is 4. The van der Waals surface area contributed by atoms with Crippen molar-refractivity contribution in [1.82, 2.24) is 10.2 Å². The van der Waals surface area contributed by atoms with Gasteiger partial charge in [-0.2, -0.15) is 0 Å². The van der Waals surface area contributed by atoms with E-state index in [9.17, 15) is 4.79 Å². The van der Waals surface area contributed by atoms with E-state index in [4.69, 9.17) is 16.3 Å². The molecule has 0 aliphatic rings. The number of halogens is 1. The highest BCUT2D eigenvalue weighted by atomic mass is 35.5. The van der Waals surface area contributed by atoms with Crippen LogP contribution in [0.25, 0.3) is 10.1 Å². The predicted molar refractivity (Wildman–Crippen MR) is 95.3 cm³/mol. The van der Waals surface area contributed by atoms with Crippen molar-refractivity contribution < 1.29 is 9.53 Å². The van der Waals surface area contributed by atoms with Gasteiger partial charge in [-0.1, -0.05) is 36.8 Å².